The van der Waals surface area contributed by atoms with E-state index in [-0.39, 0.29) is 17.4 Å². The zero-order valence-electron chi connectivity index (χ0n) is 16.5. The summed E-state index contributed by atoms with van der Waals surface area (Å²) in [7, 11) is 1.37. The minimum Gasteiger partial charge on any atom is -0.493 e. The maximum absolute atomic E-state index is 12.8. The molecule has 1 amide bonds. The number of carbonyl (C=O) groups excluding carboxylic acids is 1. The van der Waals surface area contributed by atoms with Gasteiger partial charge in [-0.1, -0.05) is 23.8 Å². The lowest BCUT2D eigenvalue weighted by Gasteiger charge is -2.30. The van der Waals surface area contributed by atoms with Crippen LogP contribution in [0.1, 0.15) is 29.5 Å². The second-order valence-electron chi connectivity index (χ2n) is 7.17. The lowest BCUT2D eigenvalue weighted by atomic mass is 9.99. The van der Waals surface area contributed by atoms with E-state index in [1.54, 1.807) is 12.1 Å². The van der Waals surface area contributed by atoms with Crippen molar-refractivity contribution in [2.75, 3.05) is 25.2 Å². The lowest BCUT2D eigenvalue weighted by molar-refractivity contribution is -0.153. The van der Waals surface area contributed by atoms with Crippen LogP contribution in [0, 0.1) is 6.92 Å². The number of aryl methyl sites for hydroxylation is 3. The van der Waals surface area contributed by atoms with Gasteiger partial charge in [0.05, 0.1) is 7.11 Å². The topological polar surface area (TPSA) is 38.8 Å². The Morgan fingerprint density at radius 3 is 2.66 bits per heavy atom. The molecule has 29 heavy (non-hydrogen) atoms. The van der Waals surface area contributed by atoms with Crippen molar-refractivity contribution in [2.24, 2.45) is 0 Å². The minimum absolute atomic E-state index is 0.0280. The van der Waals surface area contributed by atoms with E-state index >= 15 is 0 Å². The van der Waals surface area contributed by atoms with Crippen molar-refractivity contribution in [3.8, 4) is 11.5 Å². The molecule has 1 heterocycles. The lowest BCUT2D eigenvalue weighted by Crippen LogP contribution is -2.35. The molecular weight excluding hydrogens is 383 g/mol. The van der Waals surface area contributed by atoms with Crippen LogP contribution in [0.4, 0.5) is 18.9 Å². The fraction of sp³-hybridized carbons (Fsp3) is 0.409. The summed E-state index contributed by atoms with van der Waals surface area (Å²) < 4.78 is 47.0. The summed E-state index contributed by atoms with van der Waals surface area (Å²) in [6, 6.07) is 10.9. The first-order valence-electron chi connectivity index (χ1n) is 9.53. The zero-order valence-corrected chi connectivity index (χ0v) is 16.5. The quantitative estimate of drug-likeness (QED) is 0.687. The van der Waals surface area contributed by atoms with Crippen molar-refractivity contribution in [1.82, 2.24) is 0 Å². The number of alkyl halides is 3. The number of nitrogens with zero attached hydrogens (tertiary/aromatic N) is 1. The molecule has 7 heteroatoms. The van der Waals surface area contributed by atoms with Crippen molar-refractivity contribution in [1.29, 1.82) is 0 Å². The van der Waals surface area contributed by atoms with Crippen LogP contribution < -0.4 is 14.4 Å². The third kappa shape index (κ3) is 5.43. The second kappa shape index (κ2) is 8.76. The summed E-state index contributed by atoms with van der Waals surface area (Å²) in [6.45, 7) is 1.36. The number of halogens is 3. The first kappa shape index (κ1) is 21.0. The van der Waals surface area contributed by atoms with Crippen LogP contribution in [0.15, 0.2) is 36.4 Å². The molecule has 0 bridgehead atoms. The van der Waals surface area contributed by atoms with E-state index in [2.05, 4.69) is 6.07 Å². The molecule has 0 unspecified atom stereocenters. The van der Waals surface area contributed by atoms with Crippen molar-refractivity contribution in [3.63, 3.8) is 0 Å². The van der Waals surface area contributed by atoms with E-state index in [0.29, 0.717) is 19.4 Å². The normalized spacial score (nSPS) is 13.8. The summed E-state index contributed by atoms with van der Waals surface area (Å²) in [5, 5.41) is 0. The molecule has 0 atom stereocenters. The van der Waals surface area contributed by atoms with Gasteiger partial charge < -0.3 is 14.4 Å². The predicted octanol–water partition coefficient (Wildman–Crippen LogP) is 4.86. The third-order valence-corrected chi connectivity index (χ3v) is 4.90. The van der Waals surface area contributed by atoms with Gasteiger partial charge >= 0.3 is 6.18 Å². The second-order valence-corrected chi connectivity index (χ2v) is 7.17. The van der Waals surface area contributed by atoms with Crippen molar-refractivity contribution >= 4 is 11.6 Å². The molecule has 0 aliphatic carbocycles. The fourth-order valence-electron chi connectivity index (χ4n) is 3.52. The Morgan fingerprint density at radius 1 is 1.14 bits per heavy atom. The summed E-state index contributed by atoms with van der Waals surface area (Å²) in [6.07, 6.45) is -1.75. The third-order valence-electron chi connectivity index (χ3n) is 4.90. The van der Waals surface area contributed by atoms with E-state index in [4.69, 9.17) is 9.47 Å². The number of hydrogen-bond donors (Lipinski definition) is 0. The smallest absolute Gasteiger partial charge is 0.422 e. The van der Waals surface area contributed by atoms with Crippen LogP contribution in [-0.4, -0.2) is 32.3 Å². The average molecular weight is 407 g/mol. The number of amides is 1. The Labute approximate surface area is 168 Å². The van der Waals surface area contributed by atoms with Gasteiger partial charge in [0.1, 0.15) is 0 Å². The van der Waals surface area contributed by atoms with Crippen LogP contribution in [0.5, 0.6) is 11.5 Å². The maximum atomic E-state index is 12.8. The molecule has 2 aromatic carbocycles. The Balaban J connectivity index is 1.65. The van der Waals surface area contributed by atoms with Gasteiger partial charge in [0, 0.05) is 18.7 Å². The molecule has 0 saturated carbocycles. The van der Waals surface area contributed by atoms with Crippen LogP contribution in [0.25, 0.3) is 0 Å². The molecule has 0 fully saturated rings. The summed E-state index contributed by atoms with van der Waals surface area (Å²) in [5.74, 6) is 0.282. The highest BCUT2D eigenvalue weighted by molar-refractivity contribution is 5.94. The molecular formula is C22H24F3NO3. The Hall–Kier alpha value is -2.70. The standard InChI is InChI=1S/C22H24F3NO3/c1-15-5-8-18-17(12-15)4-3-11-26(18)21(27)10-7-16-6-9-19(20(13-16)28-2)29-14-22(23,24)25/h5-6,8-9,12-13H,3-4,7,10-11,14H2,1-2H3. The van der Waals surface area contributed by atoms with Gasteiger partial charge in [0.15, 0.2) is 18.1 Å². The molecule has 156 valence electrons. The van der Waals surface area contributed by atoms with E-state index in [1.165, 1.54) is 24.3 Å². The van der Waals surface area contributed by atoms with Gasteiger partial charge in [0.2, 0.25) is 5.91 Å². The molecule has 1 aliphatic heterocycles. The summed E-state index contributed by atoms with van der Waals surface area (Å²) in [5.41, 5.74) is 4.14. The maximum Gasteiger partial charge on any atom is 0.422 e. The van der Waals surface area contributed by atoms with Gasteiger partial charge in [-0.3, -0.25) is 4.79 Å². The molecule has 4 nitrogen and oxygen atoms in total. The largest absolute Gasteiger partial charge is 0.493 e. The monoisotopic (exact) mass is 407 g/mol. The number of carbonyl (C=O) groups is 1. The highest BCUT2D eigenvalue weighted by atomic mass is 19.4. The van der Waals surface area contributed by atoms with Crippen LogP contribution in [0.2, 0.25) is 0 Å². The van der Waals surface area contributed by atoms with Gasteiger partial charge in [-0.05, 0) is 55.5 Å². The van der Waals surface area contributed by atoms with Crippen LogP contribution in [0.3, 0.4) is 0 Å². The highest BCUT2D eigenvalue weighted by Gasteiger charge is 2.29. The number of anilines is 1. The SMILES string of the molecule is COc1cc(CCC(=O)N2CCCc3cc(C)ccc32)ccc1OCC(F)(F)F. The van der Waals surface area contributed by atoms with Gasteiger partial charge in [-0.2, -0.15) is 13.2 Å². The van der Waals surface area contributed by atoms with Gasteiger partial charge in [0.25, 0.3) is 0 Å². The number of hydrogen-bond acceptors (Lipinski definition) is 3. The summed E-state index contributed by atoms with van der Waals surface area (Å²) >= 11 is 0. The summed E-state index contributed by atoms with van der Waals surface area (Å²) in [4.78, 5) is 14.6. The van der Waals surface area contributed by atoms with Crippen LogP contribution >= 0.6 is 0 Å². The molecule has 0 N–H and O–H groups in total. The minimum atomic E-state index is -4.42. The molecule has 3 rings (SSSR count). The van der Waals surface area contributed by atoms with Crippen molar-refractivity contribution in [3.05, 3.63) is 53.1 Å². The molecule has 2 aromatic rings. The van der Waals surface area contributed by atoms with Crippen LogP contribution in [-0.2, 0) is 17.6 Å². The van der Waals surface area contributed by atoms with E-state index in [0.717, 1.165) is 24.1 Å². The first-order chi connectivity index (χ1) is 13.8. The van der Waals surface area contributed by atoms with E-state index < -0.39 is 12.8 Å². The van der Waals surface area contributed by atoms with Gasteiger partial charge in [-0.25, -0.2) is 0 Å². The number of benzene rings is 2. The molecule has 0 saturated heterocycles. The fourth-order valence-corrected chi connectivity index (χ4v) is 3.52. The number of fused-ring (bicyclic) bond motifs is 1. The number of methoxy groups -OCH3 is 1. The zero-order chi connectivity index (χ0) is 21.0. The molecule has 0 radical (unpaired) electrons. The Morgan fingerprint density at radius 2 is 1.93 bits per heavy atom. The van der Waals surface area contributed by atoms with Crippen molar-refractivity contribution in [2.45, 2.75) is 38.8 Å². The van der Waals surface area contributed by atoms with E-state index in [9.17, 15) is 18.0 Å². The van der Waals surface area contributed by atoms with E-state index in [1.807, 2.05) is 24.0 Å². The Bertz CT molecular complexity index is 880. The molecule has 1 aliphatic rings. The number of rotatable bonds is 6. The number of ether oxygens (including phenoxy) is 2. The van der Waals surface area contributed by atoms with Gasteiger partial charge in [-0.15, -0.1) is 0 Å². The van der Waals surface area contributed by atoms with Crippen molar-refractivity contribution < 1.29 is 27.4 Å². The Kier molecular flexibility index (Phi) is 6.35. The first-order valence-corrected chi connectivity index (χ1v) is 9.53. The average Bonchev–Trinajstić information content (AvgIpc) is 2.69. The predicted molar refractivity (Wildman–Crippen MR) is 105 cm³/mol. The molecule has 0 aromatic heterocycles. The highest BCUT2D eigenvalue weighted by Crippen LogP contribution is 2.31. The molecule has 0 spiro atoms.